The molecule has 2 aliphatic rings. The Labute approximate surface area is 84.2 Å². The maximum atomic E-state index is 12.0. The molecule has 4 heteroatoms. The highest BCUT2D eigenvalue weighted by molar-refractivity contribution is 6.08. The van der Waals surface area contributed by atoms with E-state index >= 15 is 0 Å². The van der Waals surface area contributed by atoms with Crippen molar-refractivity contribution in [2.45, 2.75) is 26.2 Å². The van der Waals surface area contributed by atoms with Gasteiger partial charge in [-0.2, -0.15) is 0 Å². The third kappa shape index (κ3) is 1.29. The molecule has 1 amide bonds. The summed E-state index contributed by atoms with van der Waals surface area (Å²) >= 11 is 0. The van der Waals surface area contributed by atoms with Gasteiger partial charge >= 0.3 is 0 Å². The van der Waals surface area contributed by atoms with Crippen molar-refractivity contribution in [3.63, 3.8) is 0 Å². The Hall–Kier alpha value is -1.06. The maximum absolute atomic E-state index is 12.0. The van der Waals surface area contributed by atoms with Crippen molar-refractivity contribution in [3.05, 3.63) is 0 Å². The van der Waals surface area contributed by atoms with E-state index in [1.165, 1.54) is 0 Å². The monoisotopic (exact) mass is 195 g/mol. The van der Waals surface area contributed by atoms with Crippen LogP contribution in [0.15, 0.2) is 4.99 Å². The fourth-order valence-electron chi connectivity index (χ4n) is 2.32. The van der Waals surface area contributed by atoms with Crippen LogP contribution in [-0.2, 0) is 4.79 Å². The van der Waals surface area contributed by atoms with Crippen LogP contribution in [0.25, 0.3) is 0 Å². The second kappa shape index (κ2) is 3.59. The van der Waals surface area contributed by atoms with Gasteiger partial charge < -0.3 is 10.6 Å². The van der Waals surface area contributed by atoms with Crippen LogP contribution < -0.4 is 10.6 Å². The van der Waals surface area contributed by atoms with Crippen LogP contribution >= 0.6 is 0 Å². The first-order valence-corrected chi connectivity index (χ1v) is 5.37. The normalized spacial score (nSPS) is 32.1. The number of carbonyl (C=O) groups excluding carboxylic acids is 1. The lowest BCUT2D eigenvalue weighted by Gasteiger charge is -2.33. The van der Waals surface area contributed by atoms with Gasteiger partial charge in [0, 0.05) is 19.6 Å². The van der Waals surface area contributed by atoms with Gasteiger partial charge in [0.1, 0.15) is 11.3 Å². The largest absolute Gasteiger partial charge is 0.371 e. The summed E-state index contributed by atoms with van der Waals surface area (Å²) in [6.45, 7) is 4.43. The number of amidine groups is 1. The van der Waals surface area contributed by atoms with Crippen LogP contribution in [0.4, 0.5) is 0 Å². The first kappa shape index (κ1) is 9.49. The molecule has 1 unspecified atom stereocenters. The molecule has 0 aromatic carbocycles. The average molecular weight is 195 g/mol. The van der Waals surface area contributed by atoms with Gasteiger partial charge in [-0.05, 0) is 19.3 Å². The number of carbonyl (C=O) groups is 1. The van der Waals surface area contributed by atoms with Crippen LogP contribution in [0.5, 0.6) is 0 Å². The van der Waals surface area contributed by atoms with Gasteiger partial charge in [-0.3, -0.25) is 9.79 Å². The highest BCUT2D eigenvalue weighted by atomic mass is 16.2. The topological polar surface area (TPSA) is 53.5 Å². The predicted molar refractivity (Wildman–Crippen MR) is 55.3 cm³/mol. The lowest BCUT2D eigenvalue weighted by atomic mass is 9.77. The van der Waals surface area contributed by atoms with Gasteiger partial charge in [0.15, 0.2) is 0 Å². The third-order valence-electron chi connectivity index (χ3n) is 3.23. The summed E-state index contributed by atoms with van der Waals surface area (Å²) in [6.07, 6.45) is 2.79. The molecule has 1 saturated heterocycles. The highest BCUT2D eigenvalue weighted by Gasteiger charge is 2.43. The summed E-state index contributed by atoms with van der Waals surface area (Å²) in [4.78, 5) is 16.4. The Bertz CT molecular complexity index is 275. The summed E-state index contributed by atoms with van der Waals surface area (Å²) in [7, 11) is 0. The van der Waals surface area contributed by atoms with E-state index in [0.717, 1.165) is 38.2 Å². The van der Waals surface area contributed by atoms with Crippen LogP contribution in [0.2, 0.25) is 0 Å². The van der Waals surface area contributed by atoms with E-state index in [2.05, 4.69) is 22.5 Å². The van der Waals surface area contributed by atoms with Gasteiger partial charge in [-0.25, -0.2) is 0 Å². The Morgan fingerprint density at radius 3 is 3.00 bits per heavy atom. The van der Waals surface area contributed by atoms with E-state index < -0.39 is 0 Å². The van der Waals surface area contributed by atoms with Crippen molar-refractivity contribution in [2.24, 2.45) is 10.4 Å². The number of hydrogen-bond donors (Lipinski definition) is 2. The molecule has 2 aliphatic heterocycles. The molecule has 4 nitrogen and oxygen atoms in total. The summed E-state index contributed by atoms with van der Waals surface area (Å²) < 4.78 is 0. The molecule has 0 aliphatic carbocycles. The van der Waals surface area contributed by atoms with Gasteiger partial charge in [0.2, 0.25) is 5.91 Å². The summed E-state index contributed by atoms with van der Waals surface area (Å²) in [5, 5.41) is 6.23. The van der Waals surface area contributed by atoms with Gasteiger partial charge in [0.05, 0.1) is 0 Å². The lowest BCUT2D eigenvalue weighted by molar-refractivity contribution is -0.127. The first-order chi connectivity index (χ1) is 6.79. The number of nitrogens with one attached hydrogen (secondary N) is 2. The molecule has 2 heterocycles. The summed E-state index contributed by atoms with van der Waals surface area (Å²) in [6, 6.07) is 0. The molecule has 0 radical (unpaired) electrons. The fourth-order valence-corrected chi connectivity index (χ4v) is 2.32. The van der Waals surface area contributed by atoms with Gasteiger partial charge in [0.25, 0.3) is 0 Å². The number of amides is 1. The van der Waals surface area contributed by atoms with Crippen molar-refractivity contribution in [3.8, 4) is 0 Å². The molecule has 2 N–H and O–H groups in total. The zero-order valence-corrected chi connectivity index (χ0v) is 8.60. The number of rotatable bonds is 1. The molecular formula is C10H17N3O. The maximum Gasteiger partial charge on any atom is 0.233 e. The zero-order valence-electron chi connectivity index (χ0n) is 8.60. The zero-order chi connectivity index (χ0) is 10.0. The highest BCUT2D eigenvalue weighted by Crippen LogP contribution is 2.33. The third-order valence-corrected chi connectivity index (χ3v) is 3.23. The fraction of sp³-hybridized carbons (Fsp3) is 0.800. The van der Waals surface area contributed by atoms with Crippen molar-refractivity contribution in [2.75, 3.05) is 19.6 Å². The predicted octanol–water partition coefficient (Wildman–Crippen LogP) is 0.294. The van der Waals surface area contributed by atoms with Crippen LogP contribution in [0.1, 0.15) is 26.2 Å². The summed E-state index contributed by atoms with van der Waals surface area (Å²) in [5.41, 5.74) is -0.352. The number of nitrogens with zero attached hydrogens (tertiary/aromatic N) is 1. The van der Waals surface area contributed by atoms with Gasteiger partial charge in [-0.15, -0.1) is 0 Å². The Kier molecular flexibility index (Phi) is 2.44. The van der Waals surface area contributed by atoms with Crippen molar-refractivity contribution in [1.29, 1.82) is 0 Å². The molecule has 0 aromatic rings. The minimum Gasteiger partial charge on any atom is -0.371 e. The lowest BCUT2D eigenvalue weighted by Crippen LogP contribution is -2.49. The van der Waals surface area contributed by atoms with Crippen molar-refractivity contribution < 1.29 is 4.79 Å². The standard InChI is InChI=1S/C10H17N3O/c1-2-10-4-3-5-11-8(10)12-6-7-13-9(10)14/h2-7H2,1H3,(H,11,12)(H,13,14). The van der Waals surface area contributed by atoms with Crippen molar-refractivity contribution in [1.82, 2.24) is 10.6 Å². The molecule has 0 spiro atoms. The molecule has 1 atom stereocenters. The minimum atomic E-state index is -0.352. The Balaban J connectivity index is 2.37. The average Bonchev–Trinajstić information content (AvgIpc) is 2.39. The van der Waals surface area contributed by atoms with Crippen LogP contribution in [0.3, 0.4) is 0 Å². The van der Waals surface area contributed by atoms with E-state index in [-0.39, 0.29) is 11.3 Å². The van der Waals surface area contributed by atoms with Gasteiger partial charge in [-0.1, -0.05) is 6.92 Å². The Morgan fingerprint density at radius 2 is 2.21 bits per heavy atom. The smallest absolute Gasteiger partial charge is 0.233 e. The second-order valence-corrected chi connectivity index (χ2v) is 3.95. The molecular weight excluding hydrogens is 178 g/mol. The van der Waals surface area contributed by atoms with E-state index in [9.17, 15) is 4.79 Å². The summed E-state index contributed by atoms with van der Waals surface area (Å²) in [5.74, 6) is 1.07. The van der Waals surface area contributed by atoms with E-state index in [0.29, 0.717) is 6.54 Å². The first-order valence-electron chi connectivity index (χ1n) is 5.37. The SMILES string of the molecule is CCC12CCCN=C1NCCNC2=O. The molecule has 0 aromatic heterocycles. The Morgan fingerprint density at radius 1 is 1.43 bits per heavy atom. The van der Waals surface area contributed by atoms with Crippen molar-refractivity contribution >= 4 is 11.7 Å². The number of fused-ring (bicyclic) bond motifs is 1. The van der Waals surface area contributed by atoms with E-state index in [1.54, 1.807) is 0 Å². The quantitative estimate of drug-likeness (QED) is 0.632. The van der Waals surface area contributed by atoms with Crippen LogP contribution in [0, 0.1) is 5.41 Å². The molecule has 14 heavy (non-hydrogen) atoms. The molecule has 0 saturated carbocycles. The molecule has 0 bridgehead atoms. The van der Waals surface area contributed by atoms with Crippen LogP contribution in [-0.4, -0.2) is 31.4 Å². The second-order valence-electron chi connectivity index (χ2n) is 3.95. The number of hydrogen-bond acceptors (Lipinski definition) is 3. The molecule has 2 rings (SSSR count). The minimum absolute atomic E-state index is 0.156. The van der Waals surface area contributed by atoms with E-state index in [4.69, 9.17) is 0 Å². The molecule has 78 valence electrons. The molecule has 1 fully saturated rings. The number of aliphatic imine (C=N–C) groups is 1. The van der Waals surface area contributed by atoms with E-state index in [1.807, 2.05) is 0 Å².